The molecule has 0 atom stereocenters. The van der Waals surface area contributed by atoms with Gasteiger partial charge in [0.05, 0.1) is 19.8 Å². The molecule has 2 aromatic carbocycles. The van der Waals surface area contributed by atoms with Crippen LogP contribution < -0.4 is 9.47 Å². The normalized spacial score (nSPS) is 15.0. The zero-order valence-corrected chi connectivity index (χ0v) is 19.0. The van der Waals surface area contributed by atoms with Crippen molar-refractivity contribution in [1.82, 2.24) is 9.88 Å². The molecule has 1 amide bonds. The Bertz CT molecular complexity index is 1230. The molecular formula is C26H28N2O5. The molecule has 0 bridgehead atoms. The molecule has 172 valence electrons. The van der Waals surface area contributed by atoms with E-state index >= 15 is 0 Å². The number of hydrogen-bond donors (Lipinski definition) is 1. The highest BCUT2D eigenvalue weighted by Crippen LogP contribution is 2.33. The summed E-state index contributed by atoms with van der Waals surface area (Å²) in [5.74, 6) is 0.647. The molecule has 5 rings (SSSR count). The number of aromatic amines is 1. The maximum atomic E-state index is 12.8. The number of methoxy groups -OCH3 is 2. The van der Waals surface area contributed by atoms with Gasteiger partial charge >= 0.3 is 5.97 Å². The molecule has 7 nitrogen and oxygen atoms in total. The third-order valence-electron chi connectivity index (χ3n) is 6.73. The standard InChI is InChI=1S/C26H28N2O5/c1-31-23-12-16-9-10-28(14-18(16)13-24(23)32-2)25(29)15-33-26(30)17-7-8-22-20(11-17)19-5-3-4-6-21(19)27-22/h7-8,11-13,27H,3-6,9-10,14-15H2,1-2H3. The highest BCUT2D eigenvalue weighted by molar-refractivity contribution is 5.97. The number of aryl methyl sites for hydroxylation is 2. The van der Waals surface area contributed by atoms with E-state index in [1.165, 1.54) is 24.1 Å². The minimum Gasteiger partial charge on any atom is -0.493 e. The van der Waals surface area contributed by atoms with Crippen LogP contribution in [0.1, 0.15) is 45.6 Å². The Morgan fingerprint density at radius 3 is 2.52 bits per heavy atom. The molecule has 0 radical (unpaired) electrons. The lowest BCUT2D eigenvalue weighted by atomic mass is 9.95. The Kier molecular flexibility index (Phi) is 5.70. The third kappa shape index (κ3) is 4.03. The summed E-state index contributed by atoms with van der Waals surface area (Å²) in [7, 11) is 3.20. The number of hydrogen-bond acceptors (Lipinski definition) is 5. The summed E-state index contributed by atoms with van der Waals surface area (Å²) < 4.78 is 16.2. The lowest BCUT2D eigenvalue weighted by Gasteiger charge is -2.29. The molecule has 7 heteroatoms. The van der Waals surface area contributed by atoms with Gasteiger partial charge in [-0.25, -0.2) is 4.79 Å². The van der Waals surface area contributed by atoms with E-state index in [-0.39, 0.29) is 12.5 Å². The fourth-order valence-corrected chi connectivity index (χ4v) is 4.93. The minimum atomic E-state index is -0.472. The van der Waals surface area contributed by atoms with Crippen LogP contribution in [-0.4, -0.2) is 49.1 Å². The smallest absolute Gasteiger partial charge is 0.338 e. The van der Waals surface area contributed by atoms with Gasteiger partial charge < -0.3 is 24.1 Å². The zero-order valence-electron chi connectivity index (χ0n) is 19.0. The van der Waals surface area contributed by atoms with Crippen LogP contribution in [0, 0.1) is 0 Å². The van der Waals surface area contributed by atoms with Gasteiger partial charge in [0.25, 0.3) is 5.91 Å². The molecule has 1 aromatic heterocycles. The van der Waals surface area contributed by atoms with Crippen molar-refractivity contribution in [3.63, 3.8) is 0 Å². The number of rotatable bonds is 5. The Morgan fingerprint density at radius 1 is 0.970 bits per heavy atom. The van der Waals surface area contributed by atoms with Crippen molar-refractivity contribution in [2.75, 3.05) is 27.4 Å². The van der Waals surface area contributed by atoms with E-state index in [4.69, 9.17) is 14.2 Å². The molecule has 2 aliphatic rings. The van der Waals surface area contributed by atoms with Gasteiger partial charge in [0, 0.05) is 29.7 Å². The number of aromatic nitrogens is 1. The summed E-state index contributed by atoms with van der Waals surface area (Å²) in [5, 5.41) is 1.09. The summed E-state index contributed by atoms with van der Waals surface area (Å²) >= 11 is 0. The summed E-state index contributed by atoms with van der Waals surface area (Å²) in [6, 6.07) is 9.45. The number of amides is 1. The van der Waals surface area contributed by atoms with Crippen LogP contribution in [0.4, 0.5) is 0 Å². The molecule has 1 N–H and O–H groups in total. The molecule has 3 aromatic rings. The highest BCUT2D eigenvalue weighted by Gasteiger charge is 2.24. The molecule has 2 heterocycles. The minimum absolute atomic E-state index is 0.205. The first-order valence-corrected chi connectivity index (χ1v) is 11.4. The van der Waals surface area contributed by atoms with E-state index in [0.29, 0.717) is 36.6 Å². The summed E-state index contributed by atoms with van der Waals surface area (Å²) in [6.45, 7) is 0.749. The van der Waals surface area contributed by atoms with Crippen LogP contribution in [0.2, 0.25) is 0 Å². The van der Waals surface area contributed by atoms with E-state index in [2.05, 4.69) is 4.98 Å². The highest BCUT2D eigenvalue weighted by atomic mass is 16.5. The topological polar surface area (TPSA) is 80.9 Å². The number of esters is 1. The molecule has 33 heavy (non-hydrogen) atoms. The lowest BCUT2D eigenvalue weighted by molar-refractivity contribution is -0.135. The molecule has 0 saturated carbocycles. The van der Waals surface area contributed by atoms with Crippen molar-refractivity contribution in [3.8, 4) is 11.5 Å². The maximum absolute atomic E-state index is 12.8. The Hall–Kier alpha value is -3.48. The van der Waals surface area contributed by atoms with Crippen LogP contribution in [0.15, 0.2) is 30.3 Å². The van der Waals surface area contributed by atoms with E-state index in [9.17, 15) is 9.59 Å². The molecule has 0 fully saturated rings. The number of carbonyl (C=O) groups excluding carboxylic acids is 2. The Balaban J connectivity index is 1.24. The molecule has 0 saturated heterocycles. The number of nitrogens with one attached hydrogen (secondary N) is 1. The van der Waals surface area contributed by atoms with E-state index in [0.717, 1.165) is 34.9 Å². The second-order valence-electron chi connectivity index (χ2n) is 8.67. The third-order valence-corrected chi connectivity index (χ3v) is 6.73. The van der Waals surface area contributed by atoms with Gasteiger partial charge in [-0.3, -0.25) is 4.79 Å². The molecule has 0 unspecified atom stereocenters. The van der Waals surface area contributed by atoms with Crippen molar-refractivity contribution in [3.05, 3.63) is 58.3 Å². The Labute approximate surface area is 192 Å². The number of fused-ring (bicyclic) bond motifs is 4. The molecule has 1 aliphatic carbocycles. The van der Waals surface area contributed by atoms with Crippen molar-refractivity contribution < 1.29 is 23.8 Å². The van der Waals surface area contributed by atoms with Gasteiger partial charge in [0.2, 0.25) is 0 Å². The quantitative estimate of drug-likeness (QED) is 0.601. The average Bonchev–Trinajstić information content (AvgIpc) is 3.23. The van der Waals surface area contributed by atoms with Gasteiger partial charge in [-0.15, -0.1) is 0 Å². The van der Waals surface area contributed by atoms with Crippen LogP contribution in [0.5, 0.6) is 11.5 Å². The molecule has 0 spiro atoms. The summed E-state index contributed by atoms with van der Waals surface area (Å²) in [4.78, 5) is 30.6. The van der Waals surface area contributed by atoms with Crippen LogP contribution in [-0.2, 0) is 35.3 Å². The number of H-pyrrole nitrogens is 1. The summed E-state index contributed by atoms with van der Waals surface area (Å²) in [6.07, 6.45) is 5.15. The van der Waals surface area contributed by atoms with E-state index in [1.807, 2.05) is 24.3 Å². The number of benzene rings is 2. The van der Waals surface area contributed by atoms with E-state index < -0.39 is 5.97 Å². The van der Waals surface area contributed by atoms with Crippen LogP contribution in [0.3, 0.4) is 0 Å². The average molecular weight is 449 g/mol. The monoisotopic (exact) mass is 448 g/mol. The number of nitrogens with zero attached hydrogens (tertiary/aromatic N) is 1. The lowest BCUT2D eigenvalue weighted by Crippen LogP contribution is -2.38. The number of carbonyl (C=O) groups is 2. The van der Waals surface area contributed by atoms with Crippen LogP contribution >= 0.6 is 0 Å². The van der Waals surface area contributed by atoms with Crippen molar-refractivity contribution in [2.24, 2.45) is 0 Å². The Morgan fingerprint density at radius 2 is 1.73 bits per heavy atom. The van der Waals surface area contributed by atoms with Crippen molar-refractivity contribution >= 4 is 22.8 Å². The first kappa shape index (κ1) is 21.4. The van der Waals surface area contributed by atoms with Crippen LogP contribution in [0.25, 0.3) is 10.9 Å². The predicted octanol–water partition coefficient (Wildman–Crippen LogP) is 3.81. The van der Waals surface area contributed by atoms with Gasteiger partial charge in [-0.2, -0.15) is 0 Å². The first-order valence-electron chi connectivity index (χ1n) is 11.4. The maximum Gasteiger partial charge on any atom is 0.338 e. The van der Waals surface area contributed by atoms with Crippen molar-refractivity contribution in [2.45, 2.75) is 38.6 Å². The molecule has 1 aliphatic heterocycles. The number of ether oxygens (including phenoxy) is 3. The first-order chi connectivity index (χ1) is 16.1. The van der Waals surface area contributed by atoms with Gasteiger partial charge in [-0.1, -0.05) is 0 Å². The zero-order chi connectivity index (χ0) is 22.9. The second kappa shape index (κ2) is 8.81. The predicted molar refractivity (Wildman–Crippen MR) is 124 cm³/mol. The second-order valence-corrected chi connectivity index (χ2v) is 8.67. The van der Waals surface area contributed by atoms with Crippen molar-refractivity contribution in [1.29, 1.82) is 0 Å². The van der Waals surface area contributed by atoms with Gasteiger partial charge in [0.15, 0.2) is 18.1 Å². The summed E-state index contributed by atoms with van der Waals surface area (Å²) in [5.41, 5.74) is 6.26. The largest absolute Gasteiger partial charge is 0.493 e. The van der Waals surface area contributed by atoms with E-state index in [1.54, 1.807) is 25.2 Å². The molecular weight excluding hydrogens is 420 g/mol. The van der Waals surface area contributed by atoms with Gasteiger partial charge in [0.1, 0.15) is 0 Å². The fourth-order valence-electron chi connectivity index (χ4n) is 4.93. The van der Waals surface area contributed by atoms with Gasteiger partial charge in [-0.05, 0) is 79.1 Å². The SMILES string of the molecule is COc1cc2c(cc1OC)CN(C(=O)COC(=O)c1ccc3[nH]c4c(c3c1)CCCC4)CC2. The fraction of sp³-hybridized carbons (Fsp3) is 0.385.